The van der Waals surface area contributed by atoms with E-state index < -0.39 is 23.3 Å². The third kappa shape index (κ3) is 3.24. The molecule has 0 aromatic heterocycles. The summed E-state index contributed by atoms with van der Waals surface area (Å²) < 4.78 is 38.0. The average molecular weight is 308 g/mol. The molecule has 1 saturated heterocycles. The number of carbonyl (C=O) groups excluding carboxylic acids is 1. The lowest BCUT2D eigenvalue weighted by molar-refractivity contribution is -0.137. The van der Waals surface area contributed by atoms with Crippen LogP contribution in [0.2, 0.25) is 0 Å². The Morgan fingerprint density at radius 1 is 1.40 bits per heavy atom. The highest BCUT2D eigenvalue weighted by Gasteiger charge is 2.33. The van der Waals surface area contributed by atoms with E-state index in [1.54, 1.807) is 6.07 Å². The van der Waals surface area contributed by atoms with Gasteiger partial charge in [-0.15, -0.1) is 0 Å². The molecule has 1 heterocycles. The Kier molecular flexibility index (Phi) is 4.25. The van der Waals surface area contributed by atoms with E-state index in [0.29, 0.717) is 12.0 Å². The summed E-state index contributed by atoms with van der Waals surface area (Å²) in [6.45, 7) is 0.227. The molecule has 0 bridgehead atoms. The quantitative estimate of drug-likeness (QED) is 0.636. The van der Waals surface area contributed by atoms with Gasteiger partial charge < -0.3 is 10.0 Å². The van der Waals surface area contributed by atoms with Gasteiger partial charge in [0.25, 0.3) is 0 Å². The number of aliphatic hydroxyl groups is 1. The number of halogens is 4. The van der Waals surface area contributed by atoms with Gasteiger partial charge in [0.15, 0.2) is 0 Å². The smallest absolute Gasteiger partial charge is 0.373 e. The summed E-state index contributed by atoms with van der Waals surface area (Å²) in [6.07, 6.45) is -4.80. The fourth-order valence-electron chi connectivity index (χ4n) is 2.42. The summed E-state index contributed by atoms with van der Waals surface area (Å²) in [4.78, 5) is 12.1. The zero-order valence-corrected chi connectivity index (χ0v) is 11.2. The molecule has 110 valence electrons. The predicted molar refractivity (Wildman–Crippen MR) is 67.4 cm³/mol. The molecule has 1 fully saturated rings. The van der Waals surface area contributed by atoms with E-state index in [0.717, 1.165) is 17.0 Å². The Labute approximate surface area is 118 Å². The van der Waals surface area contributed by atoms with Crippen LogP contribution in [-0.2, 0) is 6.18 Å². The van der Waals surface area contributed by atoms with Gasteiger partial charge in [-0.1, -0.05) is 18.2 Å². The number of amides is 1. The second-order valence-corrected chi connectivity index (χ2v) is 5.09. The number of piperidine rings is 1. The summed E-state index contributed by atoms with van der Waals surface area (Å²) in [5, 5.41) is 9.05. The third-order valence-electron chi connectivity index (χ3n) is 3.48. The predicted octanol–water partition coefficient (Wildman–Crippen LogP) is 3.56. The van der Waals surface area contributed by atoms with E-state index in [-0.39, 0.29) is 18.9 Å². The van der Waals surface area contributed by atoms with Crippen LogP contribution in [0.5, 0.6) is 0 Å². The Morgan fingerprint density at radius 3 is 2.65 bits per heavy atom. The van der Waals surface area contributed by atoms with Gasteiger partial charge in [-0.05, 0) is 42.0 Å². The number of hydrogen-bond acceptors (Lipinski definition) is 2. The maximum absolute atomic E-state index is 12.7. The minimum absolute atomic E-state index is 0.180. The molecule has 2 rings (SSSR count). The molecule has 20 heavy (non-hydrogen) atoms. The van der Waals surface area contributed by atoms with Crippen molar-refractivity contribution in [2.75, 3.05) is 6.54 Å². The zero-order chi connectivity index (χ0) is 14.9. The fourth-order valence-corrected chi connectivity index (χ4v) is 2.62. The van der Waals surface area contributed by atoms with Crippen molar-refractivity contribution in [3.05, 3.63) is 35.4 Å². The standard InChI is InChI=1S/C13H13ClF3NO2/c14-12(20)18-5-4-9(7-11(18)19)8-2-1-3-10(6-8)13(15,16)17/h1-3,6,9,11,19H,4-5,7H2. The van der Waals surface area contributed by atoms with Gasteiger partial charge >= 0.3 is 11.5 Å². The zero-order valence-electron chi connectivity index (χ0n) is 10.4. The van der Waals surface area contributed by atoms with Crippen LogP contribution in [0.1, 0.15) is 29.9 Å². The molecule has 1 amide bonds. The summed E-state index contributed by atoms with van der Waals surface area (Å²) in [7, 11) is 0. The monoisotopic (exact) mass is 307 g/mol. The van der Waals surface area contributed by atoms with Crippen LogP contribution in [0.3, 0.4) is 0 Å². The van der Waals surface area contributed by atoms with Gasteiger partial charge in [0.05, 0.1) is 5.56 Å². The number of hydrogen-bond donors (Lipinski definition) is 1. The molecule has 3 nitrogen and oxygen atoms in total. The number of alkyl halides is 3. The molecule has 1 aliphatic rings. The van der Waals surface area contributed by atoms with E-state index in [2.05, 4.69) is 0 Å². The lowest BCUT2D eigenvalue weighted by atomic mass is 9.88. The van der Waals surface area contributed by atoms with Crippen LogP contribution in [0.4, 0.5) is 18.0 Å². The summed E-state index contributed by atoms with van der Waals surface area (Å²) >= 11 is 5.31. The van der Waals surface area contributed by atoms with Gasteiger partial charge in [0, 0.05) is 6.54 Å². The van der Waals surface area contributed by atoms with Crippen molar-refractivity contribution < 1.29 is 23.1 Å². The van der Waals surface area contributed by atoms with Crippen LogP contribution >= 0.6 is 11.6 Å². The first-order valence-electron chi connectivity index (χ1n) is 6.10. The Morgan fingerprint density at radius 2 is 2.10 bits per heavy atom. The Hall–Kier alpha value is -1.27. The largest absolute Gasteiger partial charge is 0.416 e. The molecule has 7 heteroatoms. The number of rotatable bonds is 1. The highest BCUT2D eigenvalue weighted by molar-refractivity contribution is 6.62. The average Bonchev–Trinajstić information content (AvgIpc) is 2.37. The minimum atomic E-state index is -4.39. The number of benzene rings is 1. The molecule has 0 saturated carbocycles. The molecule has 0 aliphatic carbocycles. The third-order valence-corrected chi connectivity index (χ3v) is 3.70. The lowest BCUT2D eigenvalue weighted by Gasteiger charge is -2.35. The van der Waals surface area contributed by atoms with Gasteiger partial charge in [0.1, 0.15) is 6.23 Å². The minimum Gasteiger partial charge on any atom is -0.373 e. The summed E-state index contributed by atoms with van der Waals surface area (Å²) in [6, 6.07) is 5.06. The van der Waals surface area contributed by atoms with E-state index in [9.17, 15) is 23.1 Å². The normalized spacial score (nSPS) is 23.8. The van der Waals surface area contributed by atoms with E-state index in [1.165, 1.54) is 6.07 Å². The van der Waals surface area contributed by atoms with Crippen LogP contribution in [-0.4, -0.2) is 28.1 Å². The molecular weight excluding hydrogens is 295 g/mol. The van der Waals surface area contributed by atoms with Crippen molar-refractivity contribution in [3.63, 3.8) is 0 Å². The first kappa shape index (κ1) is 15.1. The van der Waals surface area contributed by atoms with Crippen molar-refractivity contribution in [1.29, 1.82) is 0 Å². The topological polar surface area (TPSA) is 40.5 Å². The number of carbonyl (C=O) groups is 1. The molecule has 2 atom stereocenters. The maximum Gasteiger partial charge on any atom is 0.416 e. The summed E-state index contributed by atoms with van der Waals surface area (Å²) in [5.41, 5.74) is -0.194. The SMILES string of the molecule is O=C(Cl)N1CCC(c2cccc(C(F)(F)F)c2)CC1O. The van der Waals surface area contributed by atoms with Crippen molar-refractivity contribution in [2.45, 2.75) is 31.2 Å². The van der Waals surface area contributed by atoms with Crippen molar-refractivity contribution >= 4 is 17.0 Å². The second kappa shape index (κ2) is 5.61. The Balaban J connectivity index is 2.16. The molecule has 1 aliphatic heterocycles. The molecule has 0 radical (unpaired) electrons. The van der Waals surface area contributed by atoms with Crippen molar-refractivity contribution in [1.82, 2.24) is 4.90 Å². The lowest BCUT2D eigenvalue weighted by Crippen LogP contribution is -2.43. The number of aliphatic hydroxyl groups excluding tert-OH is 1. The summed E-state index contributed by atoms with van der Waals surface area (Å²) in [5.74, 6) is -0.223. The van der Waals surface area contributed by atoms with Crippen molar-refractivity contribution in [3.8, 4) is 0 Å². The van der Waals surface area contributed by atoms with Crippen LogP contribution in [0.15, 0.2) is 24.3 Å². The fraction of sp³-hybridized carbons (Fsp3) is 0.462. The first-order chi connectivity index (χ1) is 9.29. The molecule has 1 N–H and O–H groups in total. The second-order valence-electron chi connectivity index (χ2n) is 4.77. The van der Waals surface area contributed by atoms with Gasteiger partial charge in [-0.3, -0.25) is 4.79 Å². The molecule has 2 unspecified atom stereocenters. The van der Waals surface area contributed by atoms with Crippen molar-refractivity contribution in [2.24, 2.45) is 0 Å². The van der Waals surface area contributed by atoms with Gasteiger partial charge in [-0.25, -0.2) is 0 Å². The van der Waals surface area contributed by atoms with Crippen LogP contribution in [0, 0.1) is 0 Å². The molecular formula is C13H13ClF3NO2. The maximum atomic E-state index is 12.7. The molecule has 0 spiro atoms. The van der Waals surface area contributed by atoms with Gasteiger partial charge in [0.2, 0.25) is 0 Å². The molecule has 1 aromatic rings. The number of nitrogens with zero attached hydrogens (tertiary/aromatic N) is 1. The molecule has 1 aromatic carbocycles. The Bertz CT molecular complexity index is 507. The van der Waals surface area contributed by atoms with E-state index >= 15 is 0 Å². The number of likely N-dealkylation sites (tertiary alicyclic amines) is 1. The van der Waals surface area contributed by atoms with E-state index in [4.69, 9.17) is 11.6 Å². The van der Waals surface area contributed by atoms with Gasteiger partial charge in [-0.2, -0.15) is 13.2 Å². The van der Waals surface area contributed by atoms with Crippen LogP contribution < -0.4 is 0 Å². The first-order valence-corrected chi connectivity index (χ1v) is 6.48. The highest BCUT2D eigenvalue weighted by Crippen LogP contribution is 2.35. The van der Waals surface area contributed by atoms with E-state index in [1.807, 2.05) is 0 Å². The highest BCUT2D eigenvalue weighted by atomic mass is 35.5. The van der Waals surface area contributed by atoms with Crippen LogP contribution in [0.25, 0.3) is 0 Å².